The first-order valence-electron chi connectivity index (χ1n) is 8.00. The molecule has 2 rings (SSSR count). The van der Waals surface area contributed by atoms with Gasteiger partial charge in [0.05, 0.1) is 24.1 Å². The molecule has 138 valence electrons. The van der Waals surface area contributed by atoms with E-state index in [2.05, 4.69) is 10.3 Å². The topological polar surface area (TPSA) is 114 Å². The number of hydrogen-bond donors (Lipinski definition) is 3. The molecule has 4 N–H and O–H groups in total. The number of aromatic nitrogens is 1. The maximum Gasteiger partial charge on any atom is 0.339 e. The smallest absolute Gasteiger partial charge is 0.339 e. The third-order valence-electron chi connectivity index (χ3n) is 3.80. The van der Waals surface area contributed by atoms with E-state index in [1.807, 2.05) is 13.0 Å². The van der Waals surface area contributed by atoms with Crippen molar-refractivity contribution in [2.75, 3.05) is 18.2 Å². The second-order valence-corrected chi connectivity index (χ2v) is 6.55. The van der Waals surface area contributed by atoms with Crippen LogP contribution in [-0.4, -0.2) is 35.6 Å². The summed E-state index contributed by atoms with van der Waals surface area (Å²) in [6.07, 6.45) is 0.559. The van der Waals surface area contributed by atoms with Crippen molar-refractivity contribution in [1.29, 1.82) is 0 Å². The molecule has 1 aromatic heterocycles. The first kappa shape index (κ1) is 19.6. The zero-order valence-corrected chi connectivity index (χ0v) is 15.7. The Balaban J connectivity index is 2.30. The molecule has 0 radical (unpaired) electrons. The van der Waals surface area contributed by atoms with Crippen molar-refractivity contribution in [3.63, 3.8) is 0 Å². The van der Waals surface area contributed by atoms with E-state index in [0.717, 1.165) is 4.90 Å². The van der Waals surface area contributed by atoms with Gasteiger partial charge in [-0.05, 0) is 31.0 Å². The van der Waals surface area contributed by atoms with Crippen LogP contribution in [0.3, 0.4) is 0 Å². The van der Waals surface area contributed by atoms with E-state index < -0.39 is 11.9 Å². The average Bonchev–Trinajstić information content (AvgIpc) is 2.96. The Kier molecular flexibility index (Phi) is 6.46. The minimum absolute atomic E-state index is 0.112. The van der Waals surface area contributed by atoms with Crippen molar-refractivity contribution in [2.24, 2.45) is 5.73 Å². The zero-order valence-electron chi connectivity index (χ0n) is 14.8. The second kappa shape index (κ2) is 8.57. The van der Waals surface area contributed by atoms with Gasteiger partial charge < -0.3 is 20.8 Å². The molecule has 0 spiro atoms. The summed E-state index contributed by atoms with van der Waals surface area (Å²) in [5, 5.41) is 2.82. The summed E-state index contributed by atoms with van der Waals surface area (Å²) >= 11 is 1.24. The highest BCUT2D eigenvalue weighted by Gasteiger charge is 2.24. The normalized spacial score (nSPS) is 10.4. The highest BCUT2D eigenvalue weighted by atomic mass is 32.2. The van der Waals surface area contributed by atoms with Crippen LogP contribution in [0, 0.1) is 6.92 Å². The van der Waals surface area contributed by atoms with Crippen LogP contribution in [0.4, 0.5) is 5.69 Å². The summed E-state index contributed by atoms with van der Waals surface area (Å²) in [6, 6.07) is 7.12. The van der Waals surface area contributed by atoms with Crippen LogP contribution in [-0.2, 0) is 16.0 Å². The van der Waals surface area contributed by atoms with E-state index in [-0.39, 0.29) is 11.7 Å². The summed E-state index contributed by atoms with van der Waals surface area (Å²) in [6.45, 7) is 3.58. The van der Waals surface area contributed by atoms with Gasteiger partial charge >= 0.3 is 5.97 Å². The van der Waals surface area contributed by atoms with Gasteiger partial charge in [0.2, 0.25) is 5.91 Å². The molecule has 0 saturated carbocycles. The minimum Gasteiger partial charge on any atom is -0.465 e. The number of benzene rings is 1. The number of amides is 2. The van der Waals surface area contributed by atoms with Crippen molar-refractivity contribution in [3.05, 3.63) is 46.8 Å². The largest absolute Gasteiger partial charge is 0.465 e. The molecule has 0 atom stereocenters. The van der Waals surface area contributed by atoms with Gasteiger partial charge in [-0.15, -0.1) is 11.8 Å². The fourth-order valence-electron chi connectivity index (χ4n) is 2.56. The number of esters is 1. The summed E-state index contributed by atoms with van der Waals surface area (Å²) < 4.78 is 4.81. The number of methoxy groups -OCH3 is 1. The number of rotatable bonds is 7. The van der Waals surface area contributed by atoms with E-state index >= 15 is 0 Å². The van der Waals surface area contributed by atoms with Gasteiger partial charge in [0, 0.05) is 10.6 Å². The molecule has 0 aliphatic carbocycles. The third kappa shape index (κ3) is 4.26. The van der Waals surface area contributed by atoms with Gasteiger partial charge in [0.15, 0.2) is 0 Å². The minimum atomic E-state index is -0.480. The Labute approximate surface area is 155 Å². The molecular formula is C18H21N3O4S. The van der Waals surface area contributed by atoms with Crippen LogP contribution in [0.25, 0.3) is 0 Å². The Morgan fingerprint density at radius 2 is 1.96 bits per heavy atom. The number of carbonyl (C=O) groups is 3. The van der Waals surface area contributed by atoms with E-state index in [0.29, 0.717) is 34.6 Å². The molecule has 26 heavy (non-hydrogen) atoms. The lowest BCUT2D eigenvalue weighted by molar-refractivity contribution is -0.115. The molecule has 8 heteroatoms. The number of aromatic amines is 1. The SMILES string of the molecule is CCc1[nH]c(C(=O)Nc2ccccc2SCC(N)=O)c(C)c1C(=O)OC. The van der Waals surface area contributed by atoms with E-state index in [9.17, 15) is 14.4 Å². The number of anilines is 1. The summed E-state index contributed by atoms with van der Waals surface area (Å²) in [7, 11) is 1.31. The molecular weight excluding hydrogens is 354 g/mol. The van der Waals surface area contributed by atoms with Crippen LogP contribution in [0.5, 0.6) is 0 Å². The molecule has 0 aliphatic rings. The standard InChI is InChI=1S/C18H21N3O4S/c1-4-11-15(18(24)25-3)10(2)16(20-11)17(23)21-12-7-5-6-8-13(12)26-9-14(19)22/h5-8,20H,4,9H2,1-3H3,(H2,19,22)(H,21,23). The van der Waals surface area contributed by atoms with Gasteiger partial charge in [0.25, 0.3) is 5.91 Å². The predicted octanol–water partition coefficient (Wildman–Crippen LogP) is 2.50. The number of H-pyrrole nitrogens is 1. The maximum absolute atomic E-state index is 12.7. The molecule has 7 nitrogen and oxygen atoms in total. The van der Waals surface area contributed by atoms with Crippen molar-refractivity contribution in [2.45, 2.75) is 25.2 Å². The van der Waals surface area contributed by atoms with E-state index in [1.165, 1.54) is 18.9 Å². The number of para-hydroxylation sites is 1. The summed E-state index contributed by atoms with van der Waals surface area (Å²) in [5.74, 6) is -1.18. The van der Waals surface area contributed by atoms with Crippen LogP contribution in [0.1, 0.15) is 39.0 Å². The van der Waals surface area contributed by atoms with E-state index in [1.54, 1.807) is 25.1 Å². The van der Waals surface area contributed by atoms with Crippen molar-refractivity contribution < 1.29 is 19.1 Å². The number of thioether (sulfide) groups is 1. The number of ether oxygens (including phenoxy) is 1. The quantitative estimate of drug-likeness (QED) is 0.508. The number of nitrogens with one attached hydrogen (secondary N) is 2. The van der Waals surface area contributed by atoms with Crippen molar-refractivity contribution in [3.8, 4) is 0 Å². The van der Waals surface area contributed by atoms with Crippen LogP contribution >= 0.6 is 11.8 Å². The molecule has 0 fully saturated rings. The van der Waals surface area contributed by atoms with Crippen molar-refractivity contribution >= 4 is 35.2 Å². The number of nitrogens with two attached hydrogens (primary N) is 1. The molecule has 1 aromatic carbocycles. The third-order valence-corrected chi connectivity index (χ3v) is 4.90. The Morgan fingerprint density at radius 3 is 2.58 bits per heavy atom. The molecule has 0 bridgehead atoms. The Morgan fingerprint density at radius 1 is 1.27 bits per heavy atom. The highest BCUT2D eigenvalue weighted by Crippen LogP contribution is 2.28. The predicted molar refractivity (Wildman–Crippen MR) is 101 cm³/mol. The molecule has 1 heterocycles. The molecule has 2 amide bonds. The van der Waals surface area contributed by atoms with Gasteiger partial charge in [0.1, 0.15) is 5.69 Å². The fraction of sp³-hybridized carbons (Fsp3) is 0.278. The molecule has 0 aliphatic heterocycles. The average molecular weight is 375 g/mol. The summed E-state index contributed by atoms with van der Waals surface area (Å²) in [4.78, 5) is 39.5. The first-order chi connectivity index (χ1) is 12.4. The fourth-order valence-corrected chi connectivity index (χ4v) is 3.31. The van der Waals surface area contributed by atoms with Gasteiger partial charge in [-0.1, -0.05) is 19.1 Å². The lowest BCUT2D eigenvalue weighted by atomic mass is 10.1. The second-order valence-electron chi connectivity index (χ2n) is 5.53. The number of hydrogen-bond acceptors (Lipinski definition) is 5. The van der Waals surface area contributed by atoms with E-state index in [4.69, 9.17) is 10.5 Å². The summed E-state index contributed by atoms with van der Waals surface area (Å²) in [5.41, 5.74) is 7.62. The monoisotopic (exact) mass is 375 g/mol. The number of carbonyl (C=O) groups excluding carboxylic acids is 3. The van der Waals surface area contributed by atoms with Crippen LogP contribution < -0.4 is 11.1 Å². The van der Waals surface area contributed by atoms with Gasteiger partial charge in [-0.3, -0.25) is 9.59 Å². The first-order valence-corrected chi connectivity index (χ1v) is 8.98. The molecule has 0 unspecified atom stereocenters. The van der Waals surface area contributed by atoms with Crippen LogP contribution in [0.15, 0.2) is 29.2 Å². The van der Waals surface area contributed by atoms with Gasteiger partial charge in [-0.2, -0.15) is 0 Å². The Bertz CT molecular complexity index is 845. The zero-order chi connectivity index (χ0) is 19.3. The van der Waals surface area contributed by atoms with Crippen molar-refractivity contribution in [1.82, 2.24) is 4.98 Å². The lowest BCUT2D eigenvalue weighted by Crippen LogP contribution is -2.16. The van der Waals surface area contributed by atoms with Crippen LogP contribution in [0.2, 0.25) is 0 Å². The number of aryl methyl sites for hydroxylation is 1. The number of primary amides is 1. The molecule has 0 saturated heterocycles. The molecule has 2 aromatic rings. The lowest BCUT2D eigenvalue weighted by Gasteiger charge is -2.10. The van der Waals surface area contributed by atoms with Gasteiger partial charge in [-0.25, -0.2) is 4.79 Å². The Hall–Kier alpha value is -2.74. The maximum atomic E-state index is 12.7. The highest BCUT2D eigenvalue weighted by molar-refractivity contribution is 8.00.